The summed E-state index contributed by atoms with van der Waals surface area (Å²) in [6, 6.07) is -1.31. The van der Waals surface area contributed by atoms with Gasteiger partial charge in [-0.25, -0.2) is 0 Å². The number of fused-ring (bicyclic) bond motifs is 1. The van der Waals surface area contributed by atoms with Crippen LogP contribution in [0.5, 0.6) is 0 Å². The molecule has 2 aliphatic rings. The molecule has 0 unspecified atom stereocenters. The normalized spacial score (nSPS) is 26.4. The molecule has 10 heteroatoms. The summed E-state index contributed by atoms with van der Waals surface area (Å²) in [5.74, 6) is -2.05. The third-order valence-electron chi connectivity index (χ3n) is 4.70. The maximum atomic E-state index is 13.0. The van der Waals surface area contributed by atoms with Crippen molar-refractivity contribution in [3.8, 4) is 0 Å². The summed E-state index contributed by atoms with van der Waals surface area (Å²) in [7, 11) is 0. The van der Waals surface area contributed by atoms with Crippen LogP contribution in [-0.4, -0.2) is 65.0 Å². The second-order valence-electron chi connectivity index (χ2n) is 8.21. The van der Waals surface area contributed by atoms with Crippen LogP contribution in [-0.2, 0) is 48.3 Å². The molecule has 29 heavy (non-hydrogen) atoms. The first-order valence-corrected chi connectivity index (χ1v) is 10.4. The Labute approximate surface area is 181 Å². The Bertz CT molecular complexity index is 719. The van der Waals surface area contributed by atoms with E-state index in [1.54, 1.807) is 26.8 Å². The molecule has 0 spiro atoms. The van der Waals surface area contributed by atoms with Crippen LogP contribution < -0.4 is 5.32 Å². The van der Waals surface area contributed by atoms with Gasteiger partial charge in [0.2, 0.25) is 0 Å². The van der Waals surface area contributed by atoms with E-state index in [-0.39, 0.29) is 38.5 Å². The van der Waals surface area contributed by atoms with Crippen LogP contribution in [0.15, 0.2) is 16.2 Å². The summed E-state index contributed by atoms with van der Waals surface area (Å²) >= 11 is 1.82. The van der Waals surface area contributed by atoms with Crippen LogP contribution in [0, 0.1) is 0 Å². The average Bonchev–Trinajstić information content (AvgIpc) is 2.98. The molecule has 0 saturated carbocycles. The number of amides is 2. The Morgan fingerprint density at radius 1 is 1.38 bits per heavy atom. The van der Waals surface area contributed by atoms with Gasteiger partial charge in [-0.2, -0.15) is 0 Å². The van der Waals surface area contributed by atoms with E-state index in [1.807, 2.05) is 19.6 Å². The van der Waals surface area contributed by atoms with Gasteiger partial charge in [-0.05, 0) is 0 Å². The minimum absolute atomic E-state index is 0.166. The molecule has 2 aliphatic heterocycles. The molecule has 1 N–H and O–H groups in total. The molecule has 2 heterocycles. The van der Waals surface area contributed by atoms with Crippen LogP contribution in [0.25, 0.3) is 0 Å². The topological polar surface area (TPSA) is 114 Å². The van der Waals surface area contributed by atoms with Gasteiger partial charge in [-0.3, -0.25) is 0 Å². The molecule has 0 aromatic carbocycles. The Kier molecular flexibility index (Phi) is 7.49. The van der Waals surface area contributed by atoms with Crippen molar-refractivity contribution in [3.63, 3.8) is 0 Å². The second kappa shape index (κ2) is 9.28. The predicted molar refractivity (Wildman–Crippen MR) is 98.1 cm³/mol. The molecule has 0 aliphatic carbocycles. The van der Waals surface area contributed by atoms with Gasteiger partial charge in [0, 0.05) is 0 Å². The Morgan fingerprint density at radius 2 is 2.07 bits per heavy atom. The van der Waals surface area contributed by atoms with Gasteiger partial charge in [-0.15, -0.1) is 6.58 Å². The first-order valence-electron chi connectivity index (χ1n) is 9.41. The molecule has 2 amide bonds. The van der Waals surface area contributed by atoms with Crippen molar-refractivity contribution in [1.82, 2.24) is 10.2 Å². The summed E-state index contributed by atoms with van der Waals surface area (Å²) in [4.78, 5) is 51.9. The van der Waals surface area contributed by atoms with E-state index in [0.717, 1.165) is 0 Å². The average molecular weight is 589 g/mol. The second-order valence-corrected chi connectivity index (χ2v) is 8.80. The standard InChI is InChI=1S/C19H27N3O6.Pt/c1-5-6-7-27-14(23)8-13-16(25)22-11-12(20)9-19(22,17(26)21-13)10-15(24)28-18(2,3)4;/h5,12-13H,1,6-11H2,2-4H3,(H,21,26);/t12-,13-,19+;/m0./s1. The number of carbonyl (C=O) groups is 4. The zero-order valence-electron chi connectivity index (χ0n) is 16.8. The number of hydrogen-bond donors (Lipinski definition) is 1. The van der Waals surface area contributed by atoms with Gasteiger partial charge in [0.15, 0.2) is 0 Å². The Morgan fingerprint density at radius 3 is 2.66 bits per heavy atom. The van der Waals surface area contributed by atoms with Crippen LogP contribution >= 0.6 is 0 Å². The molecule has 2 fully saturated rings. The van der Waals surface area contributed by atoms with E-state index >= 15 is 0 Å². The number of nitrogens with one attached hydrogen (secondary N) is 1. The molecule has 2 rings (SSSR count). The molecule has 0 radical (unpaired) electrons. The number of rotatable bonds is 8. The molecule has 3 atom stereocenters. The van der Waals surface area contributed by atoms with Gasteiger partial charge in [0.25, 0.3) is 0 Å². The van der Waals surface area contributed by atoms with E-state index < -0.39 is 40.9 Å². The fourth-order valence-electron chi connectivity index (χ4n) is 3.55. The monoisotopic (exact) mass is 588 g/mol. The van der Waals surface area contributed by atoms with Crippen molar-refractivity contribution in [2.75, 3.05) is 13.2 Å². The molecular weight excluding hydrogens is 561 g/mol. The van der Waals surface area contributed by atoms with E-state index in [1.165, 1.54) is 4.90 Å². The summed E-state index contributed by atoms with van der Waals surface area (Å²) in [5.41, 5.74) is -2.07. The quantitative estimate of drug-likeness (QED) is 0.255. The van der Waals surface area contributed by atoms with Gasteiger partial charge in [0.05, 0.1) is 0 Å². The number of carbonyl (C=O) groups excluding carboxylic acids is 4. The zero-order valence-corrected chi connectivity index (χ0v) is 19.1. The predicted octanol–water partition coefficient (Wildman–Crippen LogP) is 0.796. The van der Waals surface area contributed by atoms with Crippen molar-refractivity contribution in [3.05, 3.63) is 12.7 Å². The number of ether oxygens (including phenoxy) is 2. The summed E-state index contributed by atoms with van der Waals surface area (Å²) in [5, 5.41) is 2.61. The molecule has 9 nitrogen and oxygen atoms in total. The number of esters is 2. The Balaban J connectivity index is 2.18. The van der Waals surface area contributed by atoms with Crippen LogP contribution in [0.1, 0.15) is 46.5 Å². The minimum atomic E-state index is -1.36. The van der Waals surface area contributed by atoms with Crippen molar-refractivity contribution in [1.29, 1.82) is 0 Å². The van der Waals surface area contributed by atoms with E-state index in [9.17, 15) is 19.2 Å². The molecule has 0 aromatic heterocycles. The fraction of sp³-hybridized carbons (Fsp3) is 0.684. The van der Waals surface area contributed by atoms with E-state index in [4.69, 9.17) is 9.47 Å². The van der Waals surface area contributed by atoms with Crippen molar-refractivity contribution in [2.45, 2.75) is 69.7 Å². The van der Waals surface area contributed by atoms with E-state index in [0.29, 0.717) is 6.42 Å². The number of nitrogens with zero attached hydrogens (tertiary/aromatic N) is 2. The fourth-order valence-corrected chi connectivity index (χ4v) is 3.94. The summed E-state index contributed by atoms with van der Waals surface area (Å²) in [6.07, 6.45) is 1.81. The molecule has 0 bridgehead atoms. The zero-order chi connectivity index (χ0) is 21.8. The number of hydrogen-bond acceptors (Lipinski definition) is 7. The van der Waals surface area contributed by atoms with Gasteiger partial charge >= 0.3 is 175 Å². The van der Waals surface area contributed by atoms with Crippen LogP contribution in [0.3, 0.4) is 0 Å². The molecular formula is C19H27N3O6Pt. The number of piperazine rings is 1. The first-order chi connectivity index (χ1) is 13.5. The van der Waals surface area contributed by atoms with E-state index in [2.05, 4.69) is 15.4 Å². The van der Waals surface area contributed by atoms with Gasteiger partial charge < -0.3 is 0 Å². The Hall–Kier alpha value is -1.89. The summed E-state index contributed by atoms with van der Waals surface area (Å²) < 4.78 is 14.6. The van der Waals surface area contributed by atoms with Crippen molar-refractivity contribution < 1.29 is 48.3 Å². The maximum absolute atomic E-state index is 13.0. The summed E-state index contributed by atoms with van der Waals surface area (Å²) in [6.45, 7) is 9.12. The van der Waals surface area contributed by atoms with Gasteiger partial charge in [-0.1, -0.05) is 0 Å². The third kappa shape index (κ3) is 5.59. The van der Waals surface area contributed by atoms with Crippen molar-refractivity contribution >= 4 is 23.8 Å². The van der Waals surface area contributed by atoms with Gasteiger partial charge in [0.1, 0.15) is 0 Å². The molecule has 164 valence electrons. The SMILES string of the molecule is C=CCCOC(=O)C[C@@H]1NC(=O)[C@]2(CC(=O)OC(C)(C)C)C[C@H]([N]=[Pt])CN2C1=O. The first kappa shape index (κ1) is 23.4. The van der Waals surface area contributed by atoms with Crippen LogP contribution in [0.2, 0.25) is 0 Å². The van der Waals surface area contributed by atoms with Crippen molar-refractivity contribution in [2.24, 2.45) is 3.50 Å². The molecule has 0 aromatic rings. The third-order valence-corrected chi connectivity index (χ3v) is 5.53. The molecule has 2 saturated heterocycles. The van der Waals surface area contributed by atoms with Crippen LogP contribution in [0.4, 0.5) is 0 Å².